The summed E-state index contributed by atoms with van der Waals surface area (Å²) in [5.41, 5.74) is -0.0773. The van der Waals surface area contributed by atoms with Crippen molar-refractivity contribution < 1.29 is 9.59 Å². The summed E-state index contributed by atoms with van der Waals surface area (Å²) in [6.07, 6.45) is 2.38. The molecule has 10 heteroatoms. The maximum Gasteiger partial charge on any atom is 0.331 e. The molecule has 0 aromatic carbocycles. The summed E-state index contributed by atoms with van der Waals surface area (Å²) in [6.45, 7) is 0.872. The number of likely N-dealkylation sites (tertiary alicyclic amines) is 1. The van der Waals surface area contributed by atoms with Gasteiger partial charge in [0.15, 0.2) is 0 Å². The molecule has 31 heavy (non-hydrogen) atoms. The third-order valence-corrected chi connectivity index (χ3v) is 6.85. The van der Waals surface area contributed by atoms with E-state index in [0.717, 1.165) is 20.3 Å². The second kappa shape index (κ2) is 7.77. The van der Waals surface area contributed by atoms with Gasteiger partial charge < -0.3 is 9.80 Å². The van der Waals surface area contributed by atoms with Crippen molar-refractivity contribution in [2.75, 3.05) is 27.2 Å². The molecular formula is C21H23N5O4S. The minimum absolute atomic E-state index is 0.0376. The van der Waals surface area contributed by atoms with Crippen LogP contribution in [0.1, 0.15) is 38.1 Å². The third-order valence-electron chi connectivity index (χ3n) is 5.73. The molecular weight excluding hydrogens is 418 g/mol. The van der Waals surface area contributed by atoms with Crippen molar-refractivity contribution in [1.82, 2.24) is 23.9 Å². The fraction of sp³-hybridized carbons (Fsp3) is 0.381. The molecule has 3 aromatic rings. The van der Waals surface area contributed by atoms with Crippen LogP contribution in [0.5, 0.6) is 0 Å². The minimum Gasteiger partial charge on any atom is -0.344 e. The Balaban J connectivity index is 1.70. The zero-order valence-electron chi connectivity index (χ0n) is 17.8. The average molecular weight is 442 g/mol. The topological polar surface area (TPSA) is 97.5 Å². The van der Waals surface area contributed by atoms with E-state index in [2.05, 4.69) is 4.98 Å². The number of aromatic nitrogens is 3. The van der Waals surface area contributed by atoms with Gasteiger partial charge in [0.1, 0.15) is 10.5 Å². The van der Waals surface area contributed by atoms with Gasteiger partial charge in [-0.3, -0.25) is 23.5 Å². The molecule has 1 atom stereocenters. The van der Waals surface area contributed by atoms with Crippen LogP contribution in [-0.2, 0) is 14.1 Å². The Kier molecular flexibility index (Phi) is 5.26. The average Bonchev–Trinajstić information content (AvgIpc) is 3.38. The first-order chi connectivity index (χ1) is 14.7. The number of hydrogen-bond donors (Lipinski definition) is 0. The molecule has 1 saturated heterocycles. The number of fused-ring (bicyclic) bond motifs is 1. The van der Waals surface area contributed by atoms with Crippen LogP contribution in [0.2, 0.25) is 0 Å². The van der Waals surface area contributed by atoms with Crippen molar-refractivity contribution in [2.45, 2.75) is 12.3 Å². The van der Waals surface area contributed by atoms with Gasteiger partial charge in [-0.25, -0.2) is 9.78 Å². The largest absolute Gasteiger partial charge is 0.344 e. The molecule has 0 N–H and O–H groups in total. The Morgan fingerprint density at radius 2 is 1.94 bits per heavy atom. The van der Waals surface area contributed by atoms with E-state index in [1.807, 2.05) is 12.1 Å². The summed E-state index contributed by atoms with van der Waals surface area (Å²) in [5.74, 6) is -0.487. The summed E-state index contributed by atoms with van der Waals surface area (Å²) in [4.78, 5) is 59.2. The highest BCUT2D eigenvalue weighted by atomic mass is 32.1. The number of nitrogens with zero attached hydrogens (tertiary/aromatic N) is 5. The van der Waals surface area contributed by atoms with Crippen molar-refractivity contribution in [3.8, 4) is 0 Å². The van der Waals surface area contributed by atoms with Crippen molar-refractivity contribution in [3.05, 3.63) is 61.4 Å². The lowest BCUT2D eigenvalue weighted by Crippen LogP contribution is -2.42. The van der Waals surface area contributed by atoms with E-state index in [1.54, 1.807) is 30.1 Å². The van der Waals surface area contributed by atoms with Gasteiger partial charge >= 0.3 is 5.69 Å². The van der Waals surface area contributed by atoms with Crippen LogP contribution in [-0.4, -0.2) is 62.9 Å². The van der Waals surface area contributed by atoms with Gasteiger partial charge in [-0.2, -0.15) is 0 Å². The number of carbonyl (C=O) groups excluding carboxylic acids is 2. The monoisotopic (exact) mass is 441 g/mol. The van der Waals surface area contributed by atoms with E-state index in [4.69, 9.17) is 0 Å². The summed E-state index contributed by atoms with van der Waals surface area (Å²) in [6, 6.07) is 4.99. The molecule has 1 aliphatic heterocycles. The Hall–Kier alpha value is -3.27. The van der Waals surface area contributed by atoms with Gasteiger partial charge in [0.05, 0.1) is 4.88 Å². The van der Waals surface area contributed by atoms with Gasteiger partial charge in [-0.1, -0.05) is 6.07 Å². The van der Waals surface area contributed by atoms with Gasteiger partial charge in [0, 0.05) is 64.8 Å². The normalized spacial score (nSPS) is 16.1. The summed E-state index contributed by atoms with van der Waals surface area (Å²) in [5, 5.41) is 0.929. The molecule has 0 saturated carbocycles. The highest BCUT2D eigenvalue weighted by molar-refractivity contribution is 7.20. The predicted molar refractivity (Wildman–Crippen MR) is 118 cm³/mol. The first-order valence-electron chi connectivity index (χ1n) is 9.86. The van der Waals surface area contributed by atoms with Crippen LogP contribution in [0, 0.1) is 0 Å². The molecule has 2 amide bonds. The lowest BCUT2D eigenvalue weighted by molar-refractivity contribution is 0.0779. The lowest BCUT2D eigenvalue weighted by Gasteiger charge is -2.19. The standard InChI is InChI=1S/C21H23N5O4S/c1-23(2)20(29)17-16(13-6-5-8-22-18(13)31-17)12-7-9-26(11-12)19(28)14-10-15(27)25(4)21(30)24(14)3/h5-6,8,10,12H,7,9,11H2,1-4H3. The van der Waals surface area contributed by atoms with E-state index < -0.39 is 11.2 Å². The number of rotatable bonds is 3. The van der Waals surface area contributed by atoms with Crippen molar-refractivity contribution in [2.24, 2.45) is 14.1 Å². The Morgan fingerprint density at radius 3 is 2.65 bits per heavy atom. The number of hydrogen-bond acceptors (Lipinski definition) is 6. The summed E-state index contributed by atoms with van der Waals surface area (Å²) >= 11 is 1.37. The van der Waals surface area contributed by atoms with Gasteiger partial charge in [-0.15, -0.1) is 11.3 Å². The molecule has 1 fully saturated rings. The van der Waals surface area contributed by atoms with Crippen LogP contribution in [0.3, 0.4) is 0 Å². The third kappa shape index (κ3) is 3.46. The molecule has 9 nitrogen and oxygen atoms in total. The summed E-state index contributed by atoms with van der Waals surface area (Å²) < 4.78 is 2.16. The molecule has 0 bridgehead atoms. The zero-order valence-corrected chi connectivity index (χ0v) is 18.6. The quantitative estimate of drug-likeness (QED) is 0.605. The fourth-order valence-corrected chi connectivity index (χ4v) is 5.25. The van der Waals surface area contributed by atoms with Crippen LogP contribution in [0.4, 0.5) is 0 Å². The van der Waals surface area contributed by atoms with Crippen LogP contribution in [0.25, 0.3) is 10.2 Å². The van der Waals surface area contributed by atoms with E-state index in [-0.39, 0.29) is 23.4 Å². The SMILES string of the molecule is CN(C)C(=O)c1sc2ncccc2c1C1CCN(C(=O)c2cc(=O)n(C)c(=O)n2C)C1. The number of pyridine rings is 1. The van der Waals surface area contributed by atoms with E-state index in [0.29, 0.717) is 24.4 Å². The maximum atomic E-state index is 13.1. The fourth-order valence-electron chi connectivity index (χ4n) is 4.00. The molecule has 0 radical (unpaired) electrons. The van der Waals surface area contributed by atoms with Gasteiger partial charge in [0.25, 0.3) is 17.4 Å². The molecule has 4 rings (SSSR count). The highest BCUT2D eigenvalue weighted by Gasteiger charge is 2.34. The molecule has 1 aliphatic rings. The van der Waals surface area contributed by atoms with E-state index >= 15 is 0 Å². The maximum absolute atomic E-state index is 13.1. The van der Waals surface area contributed by atoms with E-state index in [1.165, 1.54) is 36.1 Å². The number of carbonyl (C=O) groups is 2. The minimum atomic E-state index is -0.541. The Labute approximate surface area is 182 Å². The van der Waals surface area contributed by atoms with Gasteiger partial charge in [-0.05, 0) is 18.1 Å². The van der Waals surface area contributed by atoms with Crippen LogP contribution in [0.15, 0.2) is 34.0 Å². The smallest absolute Gasteiger partial charge is 0.331 e. The first kappa shape index (κ1) is 21.0. The second-order valence-corrected chi connectivity index (χ2v) is 8.90. The van der Waals surface area contributed by atoms with Crippen molar-refractivity contribution >= 4 is 33.4 Å². The highest BCUT2D eigenvalue weighted by Crippen LogP contribution is 2.40. The lowest BCUT2D eigenvalue weighted by atomic mass is 9.95. The first-order valence-corrected chi connectivity index (χ1v) is 10.7. The summed E-state index contributed by atoms with van der Waals surface area (Å²) in [7, 11) is 6.29. The molecule has 0 spiro atoms. The molecule has 162 valence electrons. The Morgan fingerprint density at radius 1 is 1.19 bits per heavy atom. The van der Waals surface area contributed by atoms with Crippen molar-refractivity contribution in [3.63, 3.8) is 0 Å². The Bertz CT molecular complexity index is 1320. The van der Waals surface area contributed by atoms with Gasteiger partial charge in [0.2, 0.25) is 0 Å². The number of amides is 2. The molecule has 3 aromatic heterocycles. The van der Waals surface area contributed by atoms with Crippen LogP contribution < -0.4 is 11.2 Å². The van der Waals surface area contributed by atoms with E-state index in [9.17, 15) is 19.2 Å². The van der Waals surface area contributed by atoms with Crippen LogP contribution >= 0.6 is 11.3 Å². The number of thiophene rings is 1. The second-order valence-electron chi connectivity index (χ2n) is 7.91. The zero-order chi connectivity index (χ0) is 22.4. The predicted octanol–water partition coefficient (Wildman–Crippen LogP) is 1.03. The molecule has 0 aliphatic carbocycles. The van der Waals surface area contributed by atoms with Crippen molar-refractivity contribution in [1.29, 1.82) is 0 Å². The molecule has 1 unspecified atom stereocenters. The molecule has 4 heterocycles.